The van der Waals surface area contributed by atoms with Gasteiger partial charge in [-0.3, -0.25) is 4.99 Å². The van der Waals surface area contributed by atoms with Crippen molar-refractivity contribution in [3.8, 4) is 0 Å². The van der Waals surface area contributed by atoms with Crippen LogP contribution in [0, 0.1) is 0 Å². The molecule has 0 unspecified atom stereocenters. The van der Waals surface area contributed by atoms with Gasteiger partial charge in [-0.2, -0.15) is 0 Å². The van der Waals surface area contributed by atoms with Crippen LogP contribution in [0.5, 0.6) is 0 Å². The van der Waals surface area contributed by atoms with Gasteiger partial charge in [0.1, 0.15) is 4.38 Å². The van der Waals surface area contributed by atoms with Crippen LogP contribution in [0.3, 0.4) is 0 Å². The van der Waals surface area contributed by atoms with Crippen molar-refractivity contribution in [2.24, 2.45) is 4.99 Å². The summed E-state index contributed by atoms with van der Waals surface area (Å²) in [5, 5.41) is 0. The Morgan fingerprint density at radius 1 is 2.00 bits per heavy atom. The molecule has 0 bridgehead atoms. The number of hydrogen-bond donors (Lipinski definition) is 1. The van der Waals surface area contributed by atoms with Crippen LogP contribution in [0.4, 0.5) is 0 Å². The van der Waals surface area contributed by atoms with Crippen molar-refractivity contribution >= 4 is 28.8 Å². The van der Waals surface area contributed by atoms with Crippen LogP contribution in [0.2, 0.25) is 0 Å². The van der Waals surface area contributed by atoms with Crippen LogP contribution in [0.25, 0.3) is 0 Å². The van der Waals surface area contributed by atoms with Crippen molar-refractivity contribution in [2.75, 3.05) is 5.75 Å². The summed E-state index contributed by atoms with van der Waals surface area (Å²) in [5.74, 6) is 1.13. The lowest BCUT2D eigenvalue weighted by atomic mass is 10.3. The molecule has 0 aliphatic carbocycles. The lowest BCUT2D eigenvalue weighted by Crippen LogP contribution is -1.99. The third-order valence-electron chi connectivity index (χ3n) is 1.17. The Balaban J connectivity index is 2.41. The highest BCUT2D eigenvalue weighted by molar-refractivity contribution is 8.32. The Morgan fingerprint density at radius 2 is 2.75 bits per heavy atom. The van der Waals surface area contributed by atoms with E-state index in [1.54, 1.807) is 11.8 Å². The maximum absolute atomic E-state index is 4.25. The Hall–Kier alpha value is 0.370. The number of nitrogens with zero attached hydrogens (tertiary/aromatic N) is 1. The Labute approximate surface area is 59.4 Å². The van der Waals surface area contributed by atoms with E-state index >= 15 is 0 Å². The maximum atomic E-state index is 4.25. The van der Waals surface area contributed by atoms with Gasteiger partial charge < -0.3 is 0 Å². The largest absolute Gasteiger partial charge is 0.268 e. The van der Waals surface area contributed by atoms with Crippen LogP contribution < -0.4 is 0 Å². The second kappa shape index (κ2) is 2.78. The molecular weight excluding hydrogens is 138 g/mol. The monoisotopic (exact) mass is 147 g/mol. The SMILES string of the molecule is CC[C@H]1CSC(S)=N1. The summed E-state index contributed by atoms with van der Waals surface area (Å²) in [6.07, 6.45) is 1.15. The molecule has 0 saturated carbocycles. The van der Waals surface area contributed by atoms with Gasteiger partial charge in [-0.05, 0) is 6.42 Å². The van der Waals surface area contributed by atoms with Crippen LogP contribution in [-0.2, 0) is 0 Å². The topological polar surface area (TPSA) is 12.4 Å². The molecule has 0 saturated heterocycles. The lowest BCUT2D eigenvalue weighted by molar-refractivity contribution is 0.739. The summed E-state index contributed by atoms with van der Waals surface area (Å²) in [7, 11) is 0. The fourth-order valence-electron chi connectivity index (χ4n) is 0.611. The first-order chi connectivity index (χ1) is 3.83. The molecule has 1 atom stereocenters. The van der Waals surface area contributed by atoms with Crippen molar-refractivity contribution < 1.29 is 0 Å². The number of aliphatic imine (C=N–C) groups is 1. The molecular formula is C5H9NS2. The summed E-state index contributed by atoms with van der Waals surface area (Å²) in [6, 6.07) is 0.549. The van der Waals surface area contributed by atoms with E-state index in [-0.39, 0.29) is 0 Å². The van der Waals surface area contributed by atoms with E-state index in [0.29, 0.717) is 6.04 Å². The molecule has 3 heteroatoms. The molecule has 0 fully saturated rings. The zero-order chi connectivity index (χ0) is 5.98. The standard InChI is InChI=1S/C5H9NS2/c1-2-4-3-8-5(7)6-4/h4H,2-3H2,1H3,(H,6,7)/t4-/m0/s1. The van der Waals surface area contributed by atoms with E-state index in [4.69, 9.17) is 0 Å². The fourth-order valence-corrected chi connectivity index (χ4v) is 1.87. The molecule has 1 aliphatic rings. The number of thioether (sulfide) groups is 1. The summed E-state index contributed by atoms with van der Waals surface area (Å²) < 4.78 is 0.955. The summed E-state index contributed by atoms with van der Waals surface area (Å²) >= 11 is 5.86. The van der Waals surface area contributed by atoms with Gasteiger partial charge in [0.2, 0.25) is 0 Å². The summed E-state index contributed by atoms with van der Waals surface area (Å²) in [4.78, 5) is 4.25. The van der Waals surface area contributed by atoms with Crippen molar-refractivity contribution in [2.45, 2.75) is 19.4 Å². The minimum atomic E-state index is 0.549. The molecule has 1 heterocycles. The molecule has 0 amide bonds. The zero-order valence-corrected chi connectivity index (χ0v) is 6.51. The molecule has 0 aromatic carbocycles. The Kier molecular flexibility index (Phi) is 2.26. The second-order valence-electron chi connectivity index (χ2n) is 1.78. The fraction of sp³-hybridized carbons (Fsp3) is 0.800. The van der Waals surface area contributed by atoms with Crippen LogP contribution >= 0.6 is 24.4 Å². The maximum Gasteiger partial charge on any atom is 0.121 e. The highest BCUT2D eigenvalue weighted by Crippen LogP contribution is 2.21. The van der Waals surface area contributed by atoms with Crippen molar-refractivity contribution in [3.63, 3.8) is 0 Å². The first-order valence-corrected chi connectivity index (χ1v) is 4.15. The van der Waals surface area contributed by atoms with Gasteiger partial charge in [-0.15, -0.1) is 12.6 Å². The molecule has 0 radical (unpaired) electrons. The van der Waals surface area contributed by atoms with Crippen LogP contribution in [-0.4, -0.2) is 16.2 Å². The lowest BCUT2D eigenvalue weighted by Gasteiger charge is -1.95. The number of hydrogen-bond acceptors (Lipinski definition) is 2. The van der Waals surface area contributed by atoms with E-state index in [9.17, 15) is 0 Å². The normalized spacial score (nSPS) is 28.2. The average Bonchev–Trinajstić information content (AvgIpc) is 2.14. The van der Waals surface area contributed by atoms with E-state index in [0.717, 1.165) is 16.5 Å². The van der Waals surface area contributed by atoms with Crippen LogP contribution in [0.15, 0.2) is 4.99 Å². The molecule has 0 aromatic rings. The summed E-state index contributed by atoms with van der Waals surface area (Å²) in [6.45, 7) is 2.15. The van der Waals surface area contributed by atoms with E-state index in [1.165, 1.54) is 0 Å². The van der Waals surface area contributed by atoms with Gasteiger partial charge in [0.05, 0.1) is 6.04 Å². The smallest absolute Gasteiger partial charge is 0.121 e. The number of thiol groups is 1. The highest BCUT2D eigenvalue weighted by Gasteiger charge is 2.12. The van der Waals surface area contributed by atoms with Crippen molar-refractivity contribution in [3.05, 3.63) is 0 Å². The van der Waals surface area contributed by atoms with Gasteiger partial charge in [0, 0.05) is 5.75 Å². The average molecular weight is 147 g/mol. The van der Waals surface area contributed by atoms with Gasteiger partial charge in [-0.1, -0.05) is 18.7 Å². The molecule has 1 rings (SSSR count). The van der Waals surface area contributed by atoms with Gasteiger partial charge in [-0.25, -0.2) is 0 Å². The quantitative estimate of drug-likeness (QED) is 0.558. The number of rotatable bonds is 1. The van der Waals surface area contributed by atoms with Gasteiger partial charge in [0.15, 0.2) is 0 Å². The molecule has 46 valence electrons. The molecule has 1 nitrogen and oxygen atoms in total. The third-order valence-corrected chi connectivity index (χ3v) is 2.59. The Bertz CT molecular complexity index is 111. The Morgan fingerprint density at radius 3 is 3.00 bits per heavy atom. The van der Waals surface area contributed by atoms with Gasteiger partial charge in [0.25, 0.3) is 0 Å². The second-order valence-corrected chi connectivity index (χ2v) is 3.52. The van der Waals surface area contributed by atoms with Crippen molar-refractivity contribution in [1.82, 2.24) is 0 Å². The van der Waals surface area contributed by atoms with E-state index in [1.807, 2.05) is 0 Å². The molecule has 0 aromatic heterocycles. The van der Waals surface area contributed by atoms with Crippen LogP contribution in [0.1, 0.15) is 13.3 Å². The first-order valence-electron chi connectivity index (χ1n) is 2.72. The predicted octanol–water partition coefficient (Wildman–Crippen LogP) is 1.80. The van der Waals surface area contributed by atoms with Crippen molar-refractivity contribution in [1.29, 1.82) is 0 Å². The van der Waals surface area contributed by atoms with E-state index < -0.39 is 0 Å². The minimum absolute atomic E-state index is 0.549. The van der Waals surface area contributed by atoms with E-state index in [2.05, 4.69) is 24.5 Å². The minimum Gasteiger partial charge on any atom is -0.268 e. The first kappa shape index (κ1) is 6.49. The molecule has 8 heavy (non-hydrogen) atoms. The molecule has 1 aliphatic heterocycles. The third kappa shape index (κ3) is 1.42. The highest BCUT2D eigenvalue weighted by atomic mass is 32.2. The molecule has 0 N–H and O–H groups in total. The zero-order valence-electron chi connectivity index (χ0n) is 4.79. The van der Waals surface area contributed by atoms with Gasteiger partial charge >= 0.3 is 0 Å². The summed E-state index contributed by atoms with van der Waals surface area (Å²) in [5.41, 5.74) is 0. The predicted molar refractivity (Wildman–Crippen MR) is 43.0 cm³/mol. The molecule has 0 spiro atoms.